The molecule has 1 aromatic carbocycles. The molecule has 5 nitrogen and oxygen atoms in total. The molecule has 2 N–H and O–H groups in total. The molecular formula is C11H14N4O. The summed E-state index contributed by atoms with van der Waals surface area (Å²) < 4.78 is 6.90. The third-order valence-corrected chi connectivity index (χ3v) is 2.43. The molecule has 0 saturated heterocycles. The van der Waals surface area contributed by atoms with Gasteiger partial charge in [0.2, 0.25) is 0 Å². The van der Waals surface area contributed by atoms with Crippen molar-refractivity contribution in [3.8, 4) is 17.0 Å². The monoisotopic (exact) mass is 218 g/mol. The number of aromatic nitrogens is 3. The van der Waals surface area contributed by atoms with Crippen LogP contribution in [0.2, 0.25) is 0 Å². The number of hydrogen-bond acceptors (Lipinski definition) is 4. The number of ether oxygens (including phenoxy) is 1. The van der Waals surface area contributed by atoms with Gasteiger partial charge in [-0.1, -0.05) is 17.3 Å². The first kappa shape index (κ1) is 10.6. The van der Waals surface area contributed by atoms with Gasteiger partial charge in [-0.15, -0.1) is 5.10 Å². The predicted octanol–water partition coefficient (Wildman–Crippen LogP) is 0.949. The Morgan fingerprint density at radius 1 is 1.44 bits per heavy atom. The highest BCUT2D eigenvalue weighted by molar-refractivity contribution is 5.63. The van der Waals surface area contributed by atoms with E-state index < -0.39 is 0 Å². The lowest BCUT2D eigenvalue weighted by molar-refractivity contribution is 0.415. The second kappa shape index (κ2) is 4.32. The van der Waals surface area contributed by atoms with Gasteiger partial charge in [0.1, 0.15) is 11.4 Å². The highest BCUT2D eigenvalue weighted by atomic mass is 16.5. The van der Waals surface area contributed by atoms with Gasteiger partial charge < -0.3 is 10.5 Å². The zero-order valence-electron chi connectivity index (χ0n) is 9.34. The van der Waals surface area contributed by atoms with Crippen molar-refractivity contribution in [1.82, 2.24) is 15.0 Å². The van der Waals surface area contributed by atoms with E-state index in [1.165, 1.54) is 0 Å². The Balaban J connectivity index is 2.53. The van der Waals surface area contributed by atoms with E-state index in [4.69, 9.17) is 10.5 Å². The van der Waals surface area contributed by atoms with E-state index in [2.05, 4.69) is 10.3 Å². The lowest BCUT2D eigenvalue weighted by Gasteiger charge is -2.05. The molecule has 84 valence electrons. The van der Waals surface area contributed by atoms with Crippen molar-refractivity contribution in [2.24, 2.45) is 12.8 Å². The number of aryl methyl sites for hydroxylation is 1. The molecule has 1 heterocycles. The zero-order valence-corrected chi connectivity index (χ0v) is 9.34. The van der Waals surface area contributed by atoms with Crippen molar-refractivity contribution in [3.63, 3.8) is 0 Å². The second-order valence-corrected chi connectivity index (χ2v) is 3.44. The van der Waals surface area contributed by atoms with Crippen LogP contribution in [0.1, 0.15) is 5.69 Å². The van der Waals surface area contributed by atoms with Crippen LogP contribution in [0.15, 0.2) is 24.3 Å². The van der Waals surface area contributed by atoms with Crippen LogP contribution in [0.3, 0.4) is 0 Å². The molecule has 0 fully saturated rings. The van der Waals surface area contributed by atoms with Crippen molar-refractivity contribution < 1.29 is 4.74 Å². The van der Waals surface area contributed by atoms with E-state index in [0.717, 1.165) is 22.7 Å². The molecule has 0 atom stereocenters. The molecule has 2 aromatic rings. The molecule has 0 radical (unpaired) electrons. The molecule has 5 heteroatoms. The molecule has 0 spiro atoms. The Kier molecular flexibility index (Phi) is 2.87. The minimum atomic E-state index is 0.375. The summed E-state index contributed by atoms with van der Waals surface area (Å²) in [5, 5.41) is 7.98. The summed E-state index contributed by atoms with van der Waals surface area (Å²) in [5.41, 5.74) is 8.35. The van der Waals surface area contributed by atoms with Gasteiger partial charge in [0.15, 0.2) is 0 Å². The first-order chi connectivity index (χ1) is 7.76. The van der Waals surface area contributed by atoms with E-state index in [1.54, 1.807) is 11.8 Å². The molecule has 0 bridgehead atoms. The van der Waals surface area contributed by atoms with Gasteiger partial charge in [-0.05, 0) is 12.1 Å². The molecule has 0 amide bonds. The number of benzene rings is 1. The van der Waals surface area contributed by atoms with Gasteiger partial charge in [-0.2, -0.15) is 0 Å². The average Bonchev–Trinajstić information content (AvgIpc) is 2.70. The van der Waals surface area contributed by atoms with Crippen LogP contribution in [0, 0.1) is 0 Å². The van der Waals surface area contributed by atoms with E-state index in [0.29, 0.717) is 6.54 Å². The third-order valence-electron chi connectivity index (χ3n) is 2.43. The topological polar surface area (TPSA) is 66.0 Å². The van der Waals surface area contributed by atoms with Crippen LogP contribution in [-0.4, -0.2) is 22.1 Å². The van der Waals surface area contributed by atoms with E-state index in [1.807, 2.05) is 31.3 Å². The van der Waals surface area contributed by atoms with Crippen LogP contribution in [0.4, 0.5) is 0 Å². The van der Waals surface area contributed by atoms with Crippen LogP contribution < -0.4 is 10.5 Å². The number of hydrogen-bond donors (Lipinski definition) is 1. The van der Waals surface area contributed by atoms with Crippen LogP contribution >= 0.6 is 0 Å². The molecule has 2 rings (SSSR count). The van der Waals surface area contributed by atoms with E-state index in [-0.39, 0.29) is 0 Å². The predicted molar refractivity (Wildman–Crippen MR) is 60.9 cm³/mol. The summed E-state index contributed by atoms with van der Waals surface area (Å²) in [6.45, 7) is 0.375. The maximum absolute atomic E-state index is 5.62. The summed E-state index contributed by atoms with van der Waals surface area (Å²) >= 11 is 0. The fourth-order valence-electron chi connectivity index (χ4n) is 1.66. The van der Waals surface area contributed by atoms with Gasteiger partial charge in [0.05, 0.1) is 12.8 Å². The molecule has 0 aliphatic heterocycles. The Labute approximate surface area is 93.8 Å². The van der Waals surface area contributed by atoms with Crippen LogP contribution in [0.25, 0.3) is 11.3 Å². The molecule has 0 saturated carbocycles. The van der Waals surface area contributed by atoms with Gasteiger partial charge in [-0.3, -0.25) is 0 Å². The summed E-state index contributed by atoms with van der Waals surface area (Å²) in [6, 6.07) is 7.76. The number of methoxy groups -OCH3 is 1. The lowest BCUT2D eigenvalue weighted by Crippen LogP contribution is -2.00. The van der Waals surface area contributed by atoms with Gasteiger partial charge in [-0.25, -0.2) is 4.68 Å². The first-order valence-electron chi connectivity index (χ1n) is 4.99. The van der Waals surface area contributed by atoms with Crippen molar-refractivity contribution in [3.05, 3.63) is 30.0 Å². The largest absolute Gasteiger partial charge is 0.497 e. The smallest absolute Gasteiger partial charge is 0.119 e. The maximum Gasteiger partial charge on any atom is 0.119 e. The van der Waals surface area contributed by atoms with Gasteiger partial charge >= 0.3 is 0 Å². The molecule has 0 aliphatic carbocycles. The standard InChI is InChI=1S/C11H14N4O/c1-15-11(10(7-12)13-14-15)8-4-3-5-9(6-8)16-2/h3-6H,7,12H2,1-2H3. The van der Waals surface area contributed by atoms with Crippen molar-refractivity contribution in [2.45, 2.75) is 6.54 Å². The number of rotatable bonds is 3. The summed E-state index contributed by atoms with van der Waals surface area (Å²) in [6.07, 6.45) is 0. The fourth-order valence-corrected chi connectivity index (χ4v) is 1.66. The minimum Gasteiger partial charge on any atom is -0.497 e. The molecule has 16 heavy (non-hydrogen) atoms. The third kappa shape index (κ3) is 1.77. The van der Waals surface area contributed by atoms with Gasteiger partial charge in [0.25, 0.3) is 0 Å². The van der Waals surface area contributed by atoms with Crippen molar-refractivity contribution in [1.29, 1.82) is 0 Å². The SMILES string of the molecule is COc1cccc(-c2c(CN)nnn2C)c1. The summed E-state index contributed by atoms with van der Waals surface area (Å²) in [4.78, 5) is 0. The Bertz CT molecular complexity index is 492. The highest BCUT2D eigenvalue weighted by Crippen LogP contribution is 2.24. The van der Waals surface area contributed by atoms with Crippen molar-refractivity contribution >= 4 is 0 Å². The second-order valence-electron chi connectivity index (χ2n) is 3.44. The molecule has 0 aliphatic rings. The highest BCUT2D eigenvalue weighted by Gasteiger charge is 2.11. The van der Waals surface area contributed by atoms with E-state index in [9.17, 15) is 0 Å². The van der Waals surface area contributed by atoms with Gasteiger partial charge in [0, 0.05) is 19.2 Å². The maximum atomic E-state index is 5.62. The Morgan fingerprint density at radius 3 is 2.94 bits per heavy atom. The molecular weight excluding hydrogens is 204 g/mol. The van der Waals surface area contributed by atoms with E-state index >= 15 is 0 Å². The minimum absolute atomic E-state index is 0.375. The Morgan fingerprint density at radius 2 is 2.25 bits per heavy atom. The normalized spacial score (nSPS) is 10.4. The molecule has 1 aromatic heterocycles. The van der Waals surface area contributed by atoms with Crippen molar-refractivity contribution in [2.75, 3.05) is 7.11 Å². The number of nitrogens with zero attached hydrogens (tertiary/aromatic N) is 3. The van der Waals surface area contributed by atoms with Crippen LogP contribution in [-0.2, 0) is 13.6 Å². The lowest BCUT2D eigenvalue weighted by atomic mass is 10.1. The zero-order chi connectivity index (χ0) is 11.5. The van der Waals surface area contributed by atoms with Crippen LogP contribution in [0.5, 0.6) is 5.75 Å². The number of nitrogens with two attached hydrogens (primary N) is 1. The average molecular weight is 218 g/mol. The quantitative estimate of drug-likeness (QED) is 0.833. The fraction of sp³-hybridized carbons (Fsp3) is 0.273. The summed E-state index contributed by atoms with van der Waals surface area (Å²) in [5.74, 6) is 0.807. The Hall–Kier alpha value is -1.88. The summed E-state index contributed by atoms with van der Waals surface area (Å²) in [7, 11) is 3.49. The molecule has 0 unspecified atom stereocenters. The first-order valence-corrected chi connectivity index (χ1v) is 4.99.